The minimum absolute atomic E-state index is 0.0754. The van der Waals surface area contributed by atoms with Crippen LogP contribution in [0.5, 0.6) is 11.5 Å². The zero-order chi connectivity index (χ0) is 35.0. The Bertz CT molecular complexity index is 1310. The summed E-state index contributed by atoms with van der Waals surface area (Å²) < 4.78 is 5.76. The number of carbonyl (C=O) groups excluding carboxylic acids is 1. The van der Waals surface area contributed by atoms with Crippen LogP contribution in [-0.2, 0) is 26.5 Å². The first-order valence-electron chi connectivity index (χ1n) is 16.5. The van der Waals surface area contributed by atoms with Gasteiger partial charge >= 0.3 is 0 Å². The lowest BCUT2D eigenvalue weighted by atomic mass is 9.79. The number of nitrogens with zero attached hydrogens (tertiary/aromatic N) is 1. The van der Waals surface area contributed by atoms with E-state index in [0.29, 0.717) is 18.8 Å². The zero-order valence-corrected chi connectivity index (χ0v) is 32.2. The molecule has 2 aromatic rings. The van der Waals surface area contributed by atoms with Crippen LogP contribution in [0.3, 0.4) is 0 Å². The molecule has 1 atom stereocenters. The summed E-state index contributed by atoms with van der Waals surface area (Å²) >= 11 is 3.71. The zero-order valence-electron chi connectivity index (χ0n) is 30.6. The minimum atomic E-state index is -1.04. The molecule has 0 bridgehead atoms. The van der Waals surface area contributed by atoms with Crippen LogP contribution in [0.2, 0.25) is 0 Å². The molecule has 0 spiro atoms. The first-order valence-corrected chi connectivity index (χ1v) is 18.1. The van der Waals surface area contributed by atoms with E-state index >= 15 is 0 Å². The molecule has 258 valence electrons. The van der Waals surface area contributed by atoms with Crippen LogP contribution in [0, 0.1) is 0 Å². The predicted molar refractivity (Wildman–Crippen MR) is 194 cm³/mol. The third-order valence-electron chi connectivity index (χ3n) is 8.69. The molecular weight excluding hydrogens is 615 g/mol. The molecule has 1 aliphatic heterocycles. The van der Waals surface area contributed by atoms with Gasteiger partial charge in [0.05, 0.1) is 30.3 Å². The van der Waals surface area contributed by atoms with Crippen LogP contribution in [0.1, 0.15) is 125 Å². The summed E-state index contributed by atoms with van der Waals surface area (Å²) in [6, 6.07) is 8.88. The van der Waals surface area contributed by atoms with Crippen molar-refractivity contribution in [3.05, 3.63) is 46.5 Å². The SMILES string of the molecule is COc1c(C(C)(C)C)cc(SC2(Sc3cc(C(C)(C)C)c(O)c(C(C)(C)C)c3)CCN(C(=O)CC(O)CO)CC2)cc1C(C)(C)C. The highest BCUT2D eigenvalue weighted by atomic mass is 32.2. The van der Waals surface area contributed by atoms with Gasteiger partial charge in [0.2, 0.25) is 5.91 Å². The number of hydrogen-bond donors (Lipinski definition) is 3. The van der Waals surface area contributed by atoms with Gasteiger partial charge in [-0.15, -0.1) is 23.5 Å². The second-order valence-electron chi connectivity index (χ2n) is 17.0. The van der Waals surface area contributed by atoms with Gasteiger partial charge in [-0.05, 0) is 58.8 Å². The van der Waals surface area contributed by atoms with Gasteiger partial charge in [0.1, 0.15) is 11.5 Å². The van der Waals surface area contributed by atoms with Gasteiger partial charge in [-0.25, -0.2) is 0 Å². The Morgan fingerprint density at radius 3 is 1.48 bits per heavy atom. The van der Waals surface area contributed by atoms with Gasteiger partial charge in [-0.2, -0.15) is 0 Å². The fourth-order valence-electron chi connectivity index (χ4n) is 5.95. The molecule has 1 unspecified atom stereocenters. The van der Waals surface area contributed by atoms with Crippen LogP contribution in [-0.4, -0.2) is 63.1 Å². The maximum Gasteiger partial charge on any atom is 0.225 e. The Kier molecular flexibility index (Phi) is 11.7. The summed E-state index contributed by atoms with van der Waals surface area (Å²) in [5.41, 5.74) is 3.45. The molecule has 1 heterocycles. The summed E-state index contributed by atoms with van der Waals surface area (Å²) in [5, 5.41) is 30.7. The Morgan fingerprint density at radius 1 is 0.783 bits per heavy atom. The fraction of sp³-hybridized carbons (Fsp3) is 0.658. The van der Waals surface area contributed by atoms with E-state index < -0.39 is 12.7 Å². The number of aromatic hydroxyl groups is 1. The molecule has 0 saturated carbocycles. The Morgan fingerprint density at radius 2 is 1.15 bits per heavy atom. The number of phenols is 1. The van der Waals surface area contributed by atoms with E-state index in [4.69, 9.17) is 4.74 Å². The van der Waals surface area contributed by atoms with E-state index in [9.17, 15) is 20.1 Å². The molecule has 3 rings (SSSR count). The van der Waals surface area contributed by atoms with Crippen LogP contribution < -0.4 is 4.74 Å². The smallest absolute Gasteiger partial charge is 0.225 e. The summed E-state index contributed by atoms with van der Waals surface area (Å²) in [7, 11) is 1.76. The van der Waals surface area contributed by atoms with E-state index in [2.05, 4.69) is 107 Å². The van der Waals surface area contributed by atoms with Gasteiger partial charge < -0.3 is 25.0 Å². The van der Waals surface area contributed by atoms with Crippen molar-refractivity contribution in [2.45, 2.75) is 144 Å². The standard InChI is InChI=1S/C38H59NO5S2/c1-34(2,3)27-19-25(20-28(32(27)43)35(4,5)6)45-38(14-16-39(17-15-38)31(42)18-24(41)23-40)46-26-21-29(36(7,8)9)33(44-13)30(22-26)37(10,11)12/h19-22,24,40-41,43H,14-18,23H2,1-13H3. The molecule has 0 aromatic heterocycles. The number of thioether (sulfide) groups is 2. The van der Waals surface area contributed by atoms with Crippen molar-refractivity contribution in [2.75, 3.05) is 26.8 Å². The molecule has 0 radical (unpaired) electrons. The minimum Gasteiger partial charge on any atom is -0.507 e. The van der Waals surface area contributed by atoms with Crippen molar-refractivity contribution >= 4 is 29.4 Å². The topological polar surface area (TPSA) is 90.2 Å². The van der Waals surface area contributed by atoms with Crippen molar-refractivity contribution in [2.24, 2.45) is 0 Å². The second kappa shape index (κ2) is 13.9. The van der Waals surface area contributed by atoms with Gasteiger partial charge in [0.15, 0.2) is 0 Å². The first kappa shape index (κ1) is 38.6. The van der Waals surface area contributed by atoms with Gasteiger partial charge in [0.25, 0.3) is 0 Å². The van der Waals surface area contributed by atoms with Crippen LogP contribution in [0.4, 0.5) is 0 Å². The molecule has 1 amide bonds. The lowest BCUT2D eigenvalue weighted by Crippen LogP contribution is -2.44. The van der Waals surface area contributed by atoms with E-state index in [1.54, 1.807) is 7.11 Å². The van der Waals surface area contributed by atoms with Crippen molar-refractivity contribution in [3.8, 4) is 11.5 Å². The third-order valence-corrected chi connectivity index (χ3v) is 11.7. The lowest BCUT2D eigenvalue weighted by molar-refractivity contribution is -0.134. The Balaban J connectivity index is 2.18. The Hall–Kier alpha value is -1.87. The van der Waals surface area contributed by atoms with Crippen molar-refractivity contribution < 1.29 is 24.9 Å². The molecule has 0 aliphatic carbocycles. The largest absolute Gasteiger partial charge is 0.507 e. The van der Waals surface area contributed by atoms with Crippen LogP contribution in [0.15, 0.2) is 34.1 Å². The molecular formula is C38H59NO5S2. The van der Waals surface area contributed by atoms with Crippen molar-refractivity contribution in [1.82, 2.24) is 4.90 Å². The maximum absolute atomic E-state index is 13.0. The first-order chi connectivity index (χ1) is 20.9. The molecule has 1 saturated heterocycles. The average Bonchev–Trinajstić information content (AvgIpc) is 2.91. The van der Waals surface area contributed by atoms with Gasteiger partial charge in [-0.3, -0.25) is 4.79 Å². The monoisotopic (exact) mass is 673 g/mol. The fourth-order valence-corrected chi connectivity index (χ4v) is 9.04. The lowest BCUT2D eigenvalue weighted by Gasteiger charge is -2.42. The van der Waals surface area contributed by atoms with Gasteiger partial charge in [-0.1, -0.05) is 83.1 Å². The molecule has 1 aliphatic rings. The number of ether oxygens (including phenoxy) is 1. The Labute approximate surface area is 287 Å². The number of rotatable bonds is 8. The quantitative estimate of drug-likeness (QED) is 0.242. The average molecular weight is 674 g/mol. The number of amides is 1. The highest BCUT2D eigenvalue weighted by Gasteiger charge is 2.40. The molecule has 1 fully saturated rings. The molecule has 8 heteroatoms. The summed E-state index contributed by atoms with van der Waals surface area (Å²) in [6.45, 7) is 26.8. The predicted octanol–water partition coefficient (Wildman–Crippen LogP) is 8.54. The number of aliphatic hydroxyl groups excluding tert-OH is 2. The van der Waals surface area contributed by atoms with Crippen LogP contribution in [0.25, 0.3) is 0 Å². The molecule has 2 aromatic carbocycles. The van der Waals surface area contributed by atoms with E-state index in [0.717, 1.165) is 34.6 Å². The van der Waals surface area contributed by atoms with E-state index in [1.807, 2.05) is 28.4 Å². The molecule has 46 heavy (non-hydrogen) atoms. The van der Waals surface area contributed by atoms with E-state index in [1.165, 1.54) is 16.0 Å². The number of piperidine rings is 1. The molecule has 6 nitrogen and oxygen atoms in total. The summed E-state index contributed by atoms with van der Waals surface area (Å²) in [4.78, 5) is 17.1. The normalized spacial score (nSPS) is 16.8. The number of aliphatic hydroxyl groups is 2. The highest BCUT2D eigenvalue weighted by molar-refractivity contribution is 8.18. The van der Waals surface area contributed by atoms with Crippen LogP contribution >= 0.6 is 23.5 Å². The molecule has 3 N–H and O–H groups in total. The van der Waals surface area contributed by atoms with Gasteiger partial charge in [0, 0.05) is 45.1 Å². The number of phenolic OH excluding ortho intramolecular Hbond substituents is 1. The van der Waals surface area contributed by atoms with E-state index in [-0.39, 0.29) is 38.1 Å². The van der Waals surface area contributed by atoms with Crippen molar-refractivity contribution in [1.29, 1.82) is 0 Å². The highest BCUT2D eigenvalue weighted by Crippen LogP contribution is 2.55. The number of methoxy groups -OCH3 is 1. The number of benzene rings is 2. The summed E-state index contributed by atoms with van der Waals surface area (Å²) in [6.07, 6.45) is 0.356. The number of likely N-dealkylation sites (tertiary alicyclic amines) is 1. The van der Waals surface area contributed by atoms with Crippen molar-refractivity contribution in [3.63, 3.8) is 0 Å². The third kappa shape index (κ3) is 9.18. The maximum atomic E-state index is 13.0. The second-order valence-corrected chi connectivity index (χ2v) is 20.1. The number of hydrogen-bond acceptors (Lipinski definition) is 7. The summed E-state index contributed by atoms with van der Waals surface area (Å²) in [5.74, 6) is 1.18. The number of carbonyl (C=O) groups is 1.